The zero-order valence-electron chi connectivity index (χ0n) is 15.8. The molecule has 4 amide bonds. The number of aliphatic hydroxyl groups excluding tert-OH is 1. The Morgan fingerprint density at radius 2 is 1.79 bits per heavy atom. The summed E-state index contributed by atoms with van der Waals surface area (Å²) in [6.45, 7) is -1.03. The van der Waals surface area contributed by atoms with Crippen molar-refractivity contribution in [2.24, 2.45) is 10.7 Å². The van der Waals surface area contributed by atoms with E-state index < -0.39 is 84.4 Å². The lowest BCUT2D eigenvalue weighted by Crippen LogP contribution is -2.53. The van der Waals surface area contributed by atoms with E-state index in [1.165, 1.54) is 0 Å². The molecule has 3 aliphatic heterocycles. The molecule has 0 aliphatic carbocycles. The number of ether oxygens (including phenoxy) is 1. The average Bonchev–Trinajstić information content (AvgIpc) is 3.17. The number of imide groups is 1. The summed E-state index contributed by atoms with van der Waals surface area (Å²) in [6, 6.07) is -1.13. The van der Waals surface area contributed by atoms with Crippen LogP contribution < -0.4 is 16.4 Å². The van der Waals surface area contributed by atoms with Crippen molar-refractivity contribution in [3.8, 4) is 0 Å². The molecule has 0 aromatic rings. The number of aliphatic imine (C=N–C) groups is 1. The monoisotopic (exact) mass is 539 g/mol. The molecule has 1 spiro atoms. The molecule has 3 aliphatic rings. The maximum atomic E-state index is 12.7. The van der Waals surface area contributed by atoms with Gasteiger partial charge in [0.25, 0.3) is 17.5 Å². The lowest BCUT2D eigenvalue weighted by atomic mass is 10.1. The van der Waals surface area contributed by atoms with E-state index in [2.05, 4.69) is 18.1 Å². The summed E-state index contributed by atoms with van der Waals surface area (Å²) in [7, 11) is -16.8. The number of hydrogen-bond donors (Lipinski definition) is 8. The molecule has 0 saturated carbocycles. The van der Waals surface area contributed by atoms with Crippen LogP contribution in [0.2, 0.25) is 0 Å². The first-order chi connectivity index (χ1) is 14.9. The van der Waals surface area contributed by atoms with Crippen molar-refractivity contribution in [1.29, 1.82) is 0 Å². The van der Waals surface area contributed by atoms with Gasteiger partial charge in [-0.15, -0.1) is 0 Å². The molecular weight excluding hydrogens is 523 g/mol. The van der Waals surface area contributed by atoms with Gasteiger partial charge in [-0.1, -0.05) is 0 Å². The van der Waals surface area contributed by atoms with Crippen LogP contribution in [0.1, 0.15) is 6.42 Å². The lowest BCUT2D eigenvalue weighted by molar-refractivity contribution is -0.145. The molecule has 3 rings (SSSR count). The number of urea groups is 1. The molecule has 3 unspecified atom stereocenters. The van der Waals surface area contributed by atoms with Gasteiger partial charge in [0.1, 0.15) is 12.3 Å². The van der Waals surface area contributed by atoms with Crippen molar-refractivity contribution in [1.82, 2.24) is 15.5 Å². The van der Waals surface area contributed by atoms with Gasteiger partial charge in [-0.3, -0.25) is 24.7 Å². The van der Waals surface area contributed by atoms with Crippen molar-refractivity contribution < 1.29 is 70.6 Å². The van der Waals surface area contributed by atoms with Gasteiger partial charge in [0.05, 0.1) is 12.7 Å². The minimum Gasteiger partial charge on any atom is -0.390 e. The van der Waals surface area contributed by atoms with Crippen LogP contribution in [0.5, 0.6) is 0 Å². The van der Waals surface area contributed by atoms with E-state index >= 15 is 0 Å². The molecule has 0 aromatic heterocycles. The Labute approximate surface area is 182 Å². The number of nitrogens with zero attached hydrogens (tertiary/aromatic N) is 2. The lowest BCUT2D eigenvalue weighted by Gasteiger charge is -2.22. The number of aliphatic hydroxyl groups is 1. The number of phosphoric acid groups is 3. The number of rotatable bonds is 8. The molecule has 23 heteroatoms. The minimum atomic E-state index is -5.76. The van der Waals surface area contributed by atoms with Crippen LogP contribution in [0, 0.1) is 0 Å². The van der Waals surface area contributed by atoms with Gasteiger partial charge in [-0.2, -0.15) is 8.62 Å². The summed E-state index contributed by atoms with van der Waals surface area (Å²) in [5, 5.41) is 14.2. The molecular formula is C10H16N5O15P3. The van der Waals surface area contributed by atoms with Crippen molar-refractivity contribution in [3.63, 3.8) is 0 Å². The van der Waals surface area contributed by atoms with E-state index in [1.807, 2.05) is 10.6 Å². The van der Waals surface area contributed by atoms with Gasteiger partial charge in [0.2, 0.25) is 0 Å². The third-order valence-electron chi connectivity index (χ3n) is 4.20. The predicted octanol–water partition coefficient (Wildman–Crippen LogP) is -3.50. The Hall–Kier alpha value is -1.79. The molecule has 0 bridgehead atoms. The first-order valence-corrected chi connectivity index (χ1v) is 12.9. The molecule has 33 heavy (non-hydrogen) atoms. The maximum Gasteiger partial charge on any atom is 0.490 e. The largest absolute Gasteiger partial charge is 0.490 e. The fourth-order valence-electron chi connectivity index (χ4n) is 2.99. The van der Waals surface area contributed by atoms with Gasteiger partial charge in [-0.05, 0) is 0 Å². The first-order valence-electron chi connectivity index (χ1n) is 8.39. The van der Waals surface area contributed by atoms with Gasteiger partial charge >= 0.3 is 29.5 Å². The second kappa shape index (κ2) is 8.46. The zero-order chi connectivity index (χ0) is 25.0. The molecule has 2 fully saturated rings. The van der Waals surface area contributed by atoms with E-state index in [0.717, 1.165) is 0 Å². The Morgan fingerprint density at radius 3 is 2.33 bits per heavy atom. The summed E-state index contributed by atoms with van der Waals surface area (Å²) in [5.41, 5.74) is 2.98. The van der Waals surface area contributed by atoms with Crippen LogP contribution in [-0.4, -0.2) is 84.1 Å². The van der Waals surface area contributed by atoms with E-state index in [-0.39, 0.29) is 0 Å². The van der Waals surface area contributed by atoms with Crippen LogP contribution in [-0.2, 0) is 41.2 Å². The van der Waals surface area contributed by atoms with Crippen LogP contribution >= 0.6 is 23.5 Å². The molecule has 3 heterocycles. The summed E-state index contributed by atoms with van der Waals surface area (Å²) in [4.78, 5) is 76.5. The highest BCUT2D eigenvalue weighted by molar-refractivity contribution is 7.66. The summed E-state index contributed by atoms with van der Waals surface area (Å²) < 4.78 is 50.4. The highest BCUT2D eigenvalue weighted by Gasteiger charge is 2.62. The quantitative estimate of drug-likeness (QED) is 0.0842. The highest BCUT2D eigenvalue weighted by atomic mass is 31.3. The molecule has 9 N–H and O–H groups in total. The number of hydrogen-bond acceptors (Lipinski definition) is 13. The topological polar surface area (TPSA) is 306 Å². The SMILES string of the molecule is NC1=NC2(NC(=O)N([C@H]3C[C@H](O)[C@@H](COP(=O)(O)OP(=O)(O)OP(=O)(O)O)O3)C2=O)C(=O)N1. The first kappa shape index (κ1) is 25.8. The molecule has 186 valence electrons. The van der Waals surface area contributed by atoms with Crippen LogP contribution in [0.15, 0.2) is 4.99 Å². The molecule has 0 radical (unpaired) electrons. The third-order valence-corrected chi connectivity index (χ3v) is 8.01. The van der Waals surface area contributed by atoms with Crippen molar-refractivity contribution in [2.75, 3.05) is 6.61 Å². The standard InChI is InChI=1S/C10H16N5O15P3/c11-8-12-6(17)10(13-8)7(18)15(9(19)14-10)5-1-3(16)4(28-5)2-27-32(23,24)30-33(25,26)29-31(20,21)22/h3-5,16H,1-2H2,(H,14,19)(H,23,24)(H,25,26)(H2,20,21,22)(H3,11,12,13,17)/t3-,4+,5+,10?/m0/s1. The van der Waals surface area contributed by atoms with E-state index in [4.69, 9.17) is 25.2 Å². The molecule has 0 aromatic carbocycles. The number of nitrogens with one attached hydrogen (secondary N) is 2. The van der Waals surface area contributed by atoms with Crippen molar-refractivity contribution in [3.05, 3.63) is 0 Å². The summed E-state index contributed by atoms with van der Waals surface area (Å²) in [6.07, 6.45) is -4.97. The van der Waals surface area contributed by atoms with E-state index in [9.17, 15) is 38.1 Å². The van der Waals surface area contributed by atoms with E-state index in [1.54, 1.807) is 0 Å². The fraction of sp³-hybridized carbons (Fsp3) is 0.600. The number of carbonyl (C=O) groups excluding carboxylic acids is 3. The van der Waals surface area contributed by atoms with Crippen LogP contribution in [0.3, 0.4) is 0 Å². The third kappa shape index (κ3) is 5.48. The second-order valence-electron chi connectivity index (χ2n) is 6.59. The smallest absolute Gasteiger partial charge is 0.390 e. The average molecular weight is 539 g/mol. The highest BCUT2D eigenvalue weighted by Crippen LogP contribution is 2.66. The Balaban J connectivity index is 1.63. The molecule has 2 saturated heterocycles. The van der Waals surface area contributed by atoms with Crippen LogP contribution in [0.25, 0.3) is 0 Å². The minimum absolute atomic E-state index is 0.426. The maximum absolute atomic E-state index is 12.7. The van der Waals surface area contributed by atoms with Gasteiger partial charge in [0, 0.05) is 6.42 Å². The predicted molar refractivity (Wildman–Crippen MR) is 97.0 cm³/mol. The number of guanidine groups is 1. The summed E-state index contributed by atoms with van der Waals surface area (Å²) in [5.74, 6) is -2.66. The van der Waals surface area contributed by atoms with E-state index in [0.29, 0.717) is 4.90 Å². The molecule has 20 nitrogen and oxygen atoms in total. The Bertz CT molecular complexity index is 1060. The number of carbonyl (C=O) groups is 3. The number of amides is 4. The van der Waals surface area contributed by atoms with Gasteiger partial charge in [0.15, 0.2) is 5.96 Å². The fourth-order valence-corrected chi connectivity index (χ4v) is 6.02. The van der Waals surface area contributed by atoms with Crippen molar-refractivity contribution in [2.45, 2.75) is 30.5 Å². The number of nitrogens with two attached hydrogens (primary N) is 1. The second-order valence-corrected chi connectivity index (χ2v) is 11.0. The number of phosphoric ester groups is 1. The normalized spacial score (nSPS) is 33.6. The van der Waals surface area contributed by atoms with Crippen LogP contribution in [0.4, 0.5) is 4.79 Å². The van der Waals surface area contributed by atoms with Crippen molar-refractivity contribution >= 4 is 47.3 Å². The summed E-state index contributed by atoms with van der Waals surface area (Å²) >= 11 is 0. The van der Waals surface area contributed by atoms with Gasteiger partial charge < -0.3 is 35.2 Å². The Morgan fingerprint density at radius 1 is 1.15 bits per heavy atom. The van der Waals surface area contributed by atoms with Gasteiger partial charge in [-0.25, -0.2) is 28.4 Å². The Kier molecular flexibility index (Phi) is 6.62. The zero-order valence-corrected chi connectivity index (χ0v) is 18.5. The molecule has 6 atom stereocenters.